The maximum Gasteiger partial charge on any atom is 0.500 e. The van der Waals surface area contributed by atoms with Crippen LogP contribution < -0.4 is 0 Å². The van der Waals surface area contributed by atoms with Crippen LogP contribution in [-0.4, -0.2) is 35.9 Å². The van der Waals surface area contributed by atoms with Gasteiger partial charge in [-0.2, -0.15) is 22.5 Å². The van der Waals surface area contributed by atoms with E-state index in [0.717, 1.165) is 18.2 Å². The molecule has 6 heteroatoms. The van der Waals surface area contributed by atoms with E-state index in [1.54, 1.807) is 21.3 Å². The summed E-state index contributed by atoms with van der Waals surface area (Å²) in [5, 5.41) is 0. The molecule has 0 aromatic heterocycles. The van der Waals surface area contributed by atoms with E-state index in [1.165, 1.54) is 0 Å². The molecule has 1 atom stereocenters. The Bertz CT molecular complexity index is 94.5. The molecule has 0 saturated carbocycles. The number of hydrogen-bond donors (Lipinski definition) is 1. The molecular formula is C6H19O3PSSi. The van der Waals surface area contributed by atoms with Gasteiger partial charge in [0.25, 0.3) is 0 Å². The highest BCUT2D eigenvalue weighted by Crippen LogP contribution is 2.14. The first-order chi connectivity index (χ1) is 5.24. The van der Waals surface area contributed by atoms with Crippen LogP contribution in [0.5, 0.6) is 0 Å². The zero-order valence-electron chi connectivity index (χ0n) is 8.00. The molecular weight excluding hydrogens is 211 g/mol. The Morgan fingerprint density at radius 2 is 1.50 bits per heavy atom. The van der Waals surface area contributed by atoms with E-state index in [4.69, 9.17) is 13.3 Å². The molecule has 0 aromatic rings. The summed E-state index contributed by atoms with van der Waals surface area (Å²) in [5.41, 5.74) is 0. The predicted octanol–water partition coefficient (Wildman–Crippen LogP) is 1.24. The Balaban J connectivity index is 0. The summed E-state index contributed by atoms with van der Waals surface area (Å²) >= 11 is 4.10. The summed E-state index contributed by atoms with van der Waals surface area (Å²) < 4.78 is 15.6. The van der Waals surface area contributed by atoms with E-state index in [0.29, 0.717) is 0 Å². The van der Waals surface area contributed by atoms with Crippen LogP contribution in [-0.2, 0) is 13.3 Å². The molecule has 0 N–H and O–H groups in total. The van der Waals surface area contributed by atoms with Gasteiger partial charge in [0, 0.05) is 27.4 Å². The van der Waals surface area contributed by atoms with Gasteiger partial charge in [-0.3, -0.25) is 0 Å². The second-order valence-electron chi connectivity index (χ2n) is 2.12. The largest absolute Gasteiger partial charge is 0.500 e. The lowest BCUT2D eigenvalue weighted by Crippen LogP contribution is -2.42. The quantitative estimate of drug-likeness (QED) is 0.423. The van der Waals surface area contributed by atoms with Gasteiger partial charge in [0.1, 0.15) is 0 Å². The number of thiol groups is 1. The summed E-state index contributed by atoms with van der Waals surface area (Å²) in [4.78, 5) is 0. The van der Waals surface area contributed by atoms with Crippen molar-refractivity contribution in [1.29, 1.82) is 0 Å². The van der Waals surface area contributed by atoms with E-state index in [9.17, 15) is 0 Å². The van der Waals surface area contributed by atoms with Gasteiger partial charge >= 0.3 is 8.80 Å². The zero-order chi connectivity index (χ0) is 8.74. The molecule has 0 aromatic carbocycles. The maximum absolute atomic E-state index is 5.20. The molecule has 0 bridgehead atoms. The maximum atomic E-state index is 5.20. The lowest BCUT2D eigenvalue weighted by molar-refractivity contribution is 0.123. The summed E-state index contributed by atoms with van der Waals surface area (Å²) in [6.45, 7) is 0. The van der Waals surface area contributed by atoms with Gasteiger partial charge in [0.15, 0.2) is 0 Å². The van der Waals surface area contributed by atoms with Crippen molar-refractivity contribution >= 4 is 31.3 Å². The van der Waals surface area contributed by atoms with Crippen LogP contribution in [0.2, 0.25) is 6.04 Å². The highest BCUT2D eigenvalue weighted by Gasteiger charge is 2.36. The average Bonchev–Trinajstić information content (AvgIpc) is 2.08. The summed E-state index contributed by atoms with van der Waals surface area (Å²) in [6.07, 6.45) is 0.963. The third kappa shape index (κ3) is 4.79. The molecule has 0 spiro atoms. The molecule has 0 fully saturated rings. The SMILES string of the molecule is CO[Si](CCCS)(OC)OC.P. The van der Waals surface area contributed by atoms with Crippen molar-refractivity contribution in [3.8, 4) is 0 Å². The summed E-state index contributed by atoms with van der Waals surface area (Å²) in [5.74, 6) is 0.838. The minimum atomic E-state index is -2.29. The van der Waals surface area contributed by atoms with Crippen LogP contribution >= 0.6 is 22.5 Å². The molecule has 76 valence electrons. The van der Waals surface area contributed by atoms with E-state index in [2.05, 4.69) is 12.6 Å². The van der Waals surface area contributed by atoms with Crippen molar-refractivity contribution in [3.63, 3.8) is 0 Å². The average molecular weight is 230 g/mol. The molecule has 0 saturated heterocycles. The van der Waals surface area contributed by atoms with Gasteiger partial charge in [0.2, 0.25) is 0 Å². The summed E-state index contributed by atoms with van der Waals surface area (Å²) in [7, 11) is 2.58. The topological polar surface area (TPSA) is 27.7 Å². The van der Waals surface area contributed by atoms with Crippen LogP contribution in [0.1, 0.15) is 6.42 Å². The Hall–Kier alpha value is 0.877. The third-order valence-corrected chi connectivity index (χ3v) is 4.72. The molecule has 0 rings (SSSR count). The van der Waals surface area contributed by atoms with Gasteiger partial charge < -0.3 is 13.3 Å². The fourth-order valence-electron chi connectivity index (χ4n) is 0.852. The number of hydrogen-bond acceptors (Lipinski definition) is 4. The zero-order valence-corrected chi connectivity index (χ0v) is 11.3. The highest BCUT2D eigenvalue weighted by molar-refractivity contribution is 7.80. The third-order valence-electron chi connectivity index (χ3n) is 1.57. The van der Waals surface area contributed by atoms with Crippen molar-refractivity contribution in [2.75, 3.05) is 27.1 Å². The molecule has 0 aliphatic carbocycles. The fourth-order valence-corrected chi connectivity index (χ4v) is 3.03. The summed E-state index contributed by atoms with van der Waals surface area (Å²) in [6, 6.07) is 0.833. The molecule has 0 radical (unpaired) electrons. The van der Waals surface area contributed by atoms with Crippen molar-refractivity contribution in [3.05, 3.63) is 0 Å². The highest BCUT2D eigenvalue weighted by atomic mass is 32.1. The molecule has 1 unspecified atom stereocenters. The van der Waals surface area contributed by atoms with Gasteiger partial charge in [-0.15, -0.1) is 0 Å². The van der Waals surface area contributed by atoms with Crippen molar-refractivity contribution in [1.82, 2.24) is 0 Å². The fraction of sp³-hybridized carbons (Fsp3) is 1.00. The number of rotatable bonds is 6. The van der Waals surface area contributed by atoms with E-state index in [1.807, 2.05) is 0 Å². The smallest absolute Gasteiger partial charge is 0.377 e. The lowest BCUT2D eigenvalue weighted by Gasteiger charge is -2.23. The lowest BCUT2D eigenvalue weighted by atomic mass is 10.6. The van der Waals surface area contributed by atoms with Crippen LogP contribution in [0.25, 0.3) is 0 Å². The van der Waals surface area contributed by atoms with E-state index >= 15 is 0 Å². The minimum Gasteiger partial charge on any atom is -0.377 e. The van der Waals surface area contributed by atoms with Crippen molar-refractivity contribution in [2.24, 2.45) is 0 Å². The normalized spacial score (nSPS) is 11.0. The Labute approximate surface area is 84.6 Å². The van der Waals surface area contributed by atoms with Gasteiger partial charge in [0.05, 0.1) is 0 Å². The Morgan fingerprint density at radius 3 is 1.75 bits per heavy atom. The second-order valence-corrected chi connectivity index (χ2v) is 5.66. The first-order valence-electron chi connectivity index (χ1n) is 3.51. The van der Waals surface area contributed by atoms with E-state index in [-0.39, 0.29) is 9.90 Å². The molecule has 0 aliphatic heterocycles. The standard InChI is InChI=1S/C6H16O3SSi.H3P/c1-7-11(8-2,9-3)6-4-5-10;/h10H,4-6H2,1-3H3;1H3. The first kappa shape index (κ1) is 15.4. The molecule has 0 aliphatic rings. The van der Waals surface area contributed by atoms with Gasteiger partial charge in [-0.05, 0) is 12.2 Å². The monoisotopic (exact) mass is 230 g/mol. The van der Waals surface area contributed by atoms with Crippen LogP contribution in [0.3, 0.4) is 0 Å². The molecule has 0 heterocycles. The molecule has 3 nitrogen and oxygen atoms in total. The Kier molecular flexibility index (Phi) is 10.8. The van der Waals surface area contributed by atoms with Crippen molar-refractivity contribution in [2.45, 2.75) is 12.5 Å². The molecule has 12 heavy (non-hydrogen) atoms. The van der Waals surface area contributed by atoms with Crippen molar-refractivity contribution < 1.29 is 13.3 Å². The second kappa shape index (κ2) is 8.47. The first-order valence-corrected chi connectivity index (χ1v) is 6.07. The van der Waals surface area contributed by atoms with Crippen LogP contribution in [0.4, 0.5) is 0 Å². The van der Waals surface area contributed by atoms with Gasteiger partial charge in [-0.1, -0.05) is 0 Å². The minimum absolute atomic E-state index is 0. The Morgan fingerprint density at radius 1 is 1.08 bits per heavy atom. The van der Waals surface area contributed by atoms with Crippen LogP contribution in [0, 0.1) is 0 Å². The van der Waals surface area contributed by atoms with Gasteiger partial charge in [-0.25, -0.2) is 0 Å². The predicted molar refractivity (Wildman–Crippen MR) is 61.2 cm³/mol. The molecule has 0 amide bonds. The van der Waals surface area contributed by atoms with Crippen LogP contribution in [0.15, 0.2) is 0 Å². The van der Waals surface area contributed by atoms with E-state index < -0.39 is 8.80 Å².